The van der Waals surface area contributed by atoms with Gasteiger partial charge in [0.25, 0.3) is 5.91 Å². The van der Waals surface area contributed by atoms with Crippen molar-refractivity contribution in [1.82, 2.24) is 15.3 Å². The fraction of sp³-hybridized carbons (Fsp3) is 0.267. The highest BCUT2D eigenvalue weighted by Crippen LogP contribution is 2.37. The number of alkyl halides is 3. The Labute approximate surface area is 141 Å². The number of amides is 1. The average molecular weight is 359 g/mol. The van der Waals surface area contributed by atoms with Gasteiger partial charge in [-0.25, -0.2) is 9.97 Å². The standard InChI is InChI=1S/C15H14ClF3N4O/c1-8(2)21-13(24)12-5-6-20-14(23-12)22-11-4-3-9(16)7-10(11)15(17,18)19/h3-8H,1-2H3,(H,21,24)(H,20,22,23). The van der Waals surface area contributed by atoms with Crippen LogP contribution in [0.2, 0.25) is 5.02 Å². The van der Waals surface area contributed by atoms with Crippen LogP contribution in [-0.2, 0) is 6.18 Å². The Balaban J connectivity index is 2.31. The molecule has 0 atom stereocenters. The molecule has 0 saturated carbocycles. The maximum absolute atomic E-state index is 13.1. The average Bonchev–Trinajstić information content (AvgIpc) is 2.47. The van der Waals surface area contributed by atoms with Gasteiger partial charge in [-0.2, -0.15) is 13.2 Å². The predicted molar refractivity (Wildman–Crippen MR) is 84.4 cm³/mol. The van der Waals surface area contributed by atoms with E-state index in [-0.39, 0.29) is 28.4 Å². The van der Waals surface area contributed by atoms with Crippen molar-refractivity contribution in [3.63, 3.8) is 0 Å². The van der Waals surface area contributed by atoms with E-state index in [1.54, 1.807) is 13.8 Å². The maximum Gasteiger partial charge on any atom is 0.418 e. The molecule has 0 spiro atoms. The zero-order chi connectivity index (χ0) is 17.9. The van der Waals surface area contributed by atoms with Gasteiger partial charge < -0.3 is 10.6 Å². The first-order valence-corrected chi connectivity index (χ1v) is 7.32. The molecule has 0 aliphatic heterocycles. The Morgan fingerprint density at radius 1 is 1.25 bits per heavy atom. The summed E-state index contributed by atoms with van der Waals surface area (Å²) in [5.41, 5.74) is -1.16. The molecule has 1 heterocycles. The first-order chi connectivity index (χ1) is 11.2. The van der Waals surface area contributed by atoms with Gasteiger partial charge in [-0.3, -0.25) is 4.79 Å². The lowest BCUT2D eigenvalue weighted by molar-refractivity contribution is -0.136. The summed E-state index contributed by atoms with van der Waals surface area (Å²) in [6.45, 7) is 3.56. The molecule has 9 heteroatoms. The number of benzene rings is 1. The number of halogens is 4. The van der Waals surface area contributed by atoms with Crippen LogP contribution in [0.25, 0.3) is 0 Å². The number of aromatic nitrogens is 2. The molecule has 24 heavy (non-hydrogen) atoms. The molecule has 0 unspecified atom stereocenters. The third kappa shape index (κ3) is 4.58. The van der Waals surface area contributed by atoms with E-state index in [0.717, 1.165) is 6.07 Å². The lowest BCUT2D eigenvalue weighted by atomic mass is 10.1. The Bertz CT molecular complexity index is 750. The highest BCUT2D eigenvalue weighted by atomic mass is 35.5. The van der Waals surface area contributed by atoms with Gasteiger partial charge in [-0.1, -0.05) is 11.6 Å². The number of carbonyl (C=O) groups is 1. The minimum atomic E-state index is -4.60. The first-order valence-electron chi connectivity index (χ1n) is 6.94. The van der Waals surface area contributed by atoms with Gasteiger partial charge in [0.15, 0.2) is 0 Å². The van der Waals surface area contributed by atoms with Crippen LogP contribution >= 0.6 is 11.6 Å². The van der Waals surface area contributed by atoms with E-state index in [0.29, 0.717) is 0 Å². The number of hydrogen-bond donors (Lipinski definition) is 2. The number of nitrogens with zero attached hydrogens (tertiary/aromatic N) is 2. The molecule has 128 valence electrons. The highest BCUT2D eigenvalue weighted by molar-refractivity contribution is 6.30. The third-order valence-corrected chi connectivity index (χ3v) is 3.08. The Morgan fingerprint density at radius 3 is 2.58 bits per heavy atom. The van der Waals surface area contributed by atoms with Crippen LogP contribution in [0, 0.1) is 0 Å². The van der Waals surface area contributed by atoms with Gasteiger partial charge in [0.2, 0.25) is 5.95 Å². The topological polar surface area (TPSA) is 66.9 Å². The molecule has 1 aromatic heterocycles. The summed E-state index contributed by atoms with van der Waals surface area (Å²) in [5.74, 6) is -0.568. The van der Waals surface area contributed by atoms with Crippen molar-refractivity contribution in [3.05, 3.63) is 46.7 Å². The van der Waals surface area contributed by atoms with Crippen molar-refractivity contribution in [2.24, 2.45) is 0 Å². The highest BCUT2D eigenvalue weighted by Gasteiger charge is 2.34. The molecule has 1 aromatic carbocycles. The summed E-state index contributed by atoms with van der Waals surface area (Å²) in [4.78, 5) is 19.7. The molecule has 0 aliphatic rings. The summed E-state index contributed by atoms with van der Waals surface area (Å²) in [5, 5.41) is 5.07. The van der Waals surface area contributed by atoms with Crippen molar-refractivity contribution in [2.75, 3.05) is 5.32 Å². The van der Waals surface area contributed by atoms with Crippen LogP contribution < -0.4 is 10.6 Å². The maximum atomic E-state index is 13.1. The molecule has 0 bridgehead atoms. The van der Waals surface area contributed by atoms with Crippen molar-refractivity contribution >= 4 is 29.1 Å². The van der Waals surface area contributed by atoms with Gasteiger partial charge in [0.1, 0.15) is 5.69 Å². The van der Waals surface area contributed by atoms with Crippen molar-refractivity contribution in [3.8, 4) is 0 Å². The minimum Gasteiger partial charge on any atom is -0.349 e. The van der Waals surface area contributed by atoms with E-state index in [9.17, 15) is 18.0 Å². The molecule has 2 N–H and O–H groups in total. The monoisotopic (exact) mass is 358 g/mol. The van der Waals surface area contributed by atoms with Crippen LogP contribution in [0.4, 0.5) is 24.8 Å². The second-order valence-electron chi connectivity index (χ2n) is 5.21. The number of carbonyl (C=O) groups excluding carboxylic acids is 1. The second-order valence-corrected chi connectivity index (χ2v) is 5.64. The molecule has 2 aromatic rings. The van der Waals surface area contributed by atoms with E-state index < -0.39 is 17.6 Å². The van der Waals surface area contributed by atoms with Gasteiger partial charge in [-0.15, -0.1) is 0 Å². The van der Waals surface area contributed by atoms with Crippen LogP contribution in [0.15, 0.2) is 30.5 Å². The lowest BCUT2D eigenvalue weighted by Crippen LogP contribution is -2.30. The predicted octanol–water partition coefficient (Wildman–Crippen LogP) is 4.03. The van der Waals surface area contributed by atoms with Crippen LogP contribution in [0.5, 0.6) is 0 Å². The smallest absolute Gasteiger partial charge is 0.349 e. The Morgan fingerprint density at radius 2 is 1.96 bits per heavy atom. The number of rotatable bonds is 4. The molecule has 0 aliphatic carbocycles. The molecular weight excluding hydrogens is 345 g/mol. The SMILES string of the molecule is CC(C)NC(=O)c1ccnc(Nc2ccc(Cl)cc2C(F)(F)F)n1. The molecule has 5 nitrogen and oxygen atoms in total. The van der Waals surface area contributed by atoms with Crippen LogP contribution in [-0.4, -0.2) is 21.9 Å². The number of hydrogen-bond acceptors (Lipinski definition) is 4. The van der Waals surface area contributed by atoms with Gasteiger partial charge in [-0.05, 0) is 38.1 Å². The van der Waals surface area contributed by atoms with Gasteiger partial charge in [0, 0.05) is 17.3 Å². The van der Waals surface area contributed by atoms with Gasteiger partial charge >= 0.3 is 6.18 Å². The molecule has 0 saturated heterocycles. The quantitative estimate of drug-likeness (QED) is 0.866. The Kier molecular flexibility index (Phi) is 5.28. The molecule has 2 rings (SSSR count). The van der Waals surface area contributed by atoms with E-state index in [4.69, 9.17) is 11.6 Å². The van der Waals surface area contributed by atoms with Crippen LogP contribution in [0.1, 0.15) is 29.9 Å². The fourth-order valence-corrected chi connectivity index (χ4v) is 2.03. The molecule has 1 amide bonds. The number of nitrogens with one attached hydrogen (secondary N) is 2. The minimum absolute atomic E-state index is 0.0427. The third-order valence-electron chi connectivity index (χ3n) is 2.84. The van der Waals surface area contributed by atoms with E-state index in [1.165, 1.54) is 24.4 Å². The second kappa shape index (κ2) is 7.04. The largest absolute Gasteiger partial charge is 0.418 e. The van der Waals surface area contributed by atoms with Crippen LogP contribution in [0.3, 0.4) is 0 Å². The van der Waals surface area contributed by atoms with Crippen molar-refractivity contribution < 1.29 is 18.0 Å². The zero-order valence-corrected chi connectivity index (χ0v) is 13.5. The first kappa shape index (κ1) is 18.0. The number of anilines is 2. The molecule has 0 radical (unpaired) electrons. The van der Waals surface area contributed by atoms with Crippen molar-refractivity contribution in [2.45, 2.75) is 26.1 Å². The summed E-state index contributed by atoms with van der Waals surface area (Å²) in [6.07, 6.45) is -3.31. The summed E-state index contributed by atoms with van der Waals surface area (Å²) >= 11 is 5.63. The zero-order valence-electron chi connectivity index (χ0n) is 12.8. The molecular formula is C15H14ClF3N4O. The van der Waals surface area contributed by atoms with Gasteiger partial charge in [0.05, 0.1) is 11.3 Å². The van der Waals surface area contributed by atoms with E-state index >= 15 is 0 Å². The summed E-state index contributed by atoms with van der Waals surface area (Å²) < 4.78 is 39.2. The molecule has 0 fully saturated rings. The van der Waals surface area contributed by atoms with E-state index in [2.05, 4.69) is 20.6 Å². The lowest BCUT2D eigenvalue weighted by Gasteiger charge is -2.14. The fourth-order valence-electron chi connectivity index (χ4n) is 1.86. The normalized spacial score (nSPS) is 11.5. The summed E-state index contributed by atoms with van der Waals surface area (Å²) in [6, 6.07) is 4.57. The summed E-state index contributed by atoms with van der Waals surface area (Å²) in [7, 11) is 0. The van der Waals surface area contributed by atoms with E-state index in [1.807, 2.05) is 0 Å². The van der Waals surface area contributed by atoms with Crippen molar-refractivity contribution in [1.29, 1.82) is 0 Å². The Hall–Kier alpha value is -2.35.